The van der Waals surface area contributed by atoms with Gasteiger partial charge in [-0.1, -0.05) is 6.92 Å². The third kappa shape index (κ3) is 3.51. The fraction of sp³-hybridized carbons (Fsp3) is 0.800. The first kappa shape index (κ1) is 12.0. The van der Waals surface area contributed by atoms with Gasteiger partial charge in [-0.3, -0.25) is 9.59 Å². The smallest absolute Gasteiger partial charge is 0.323 e. The molecule has 5 heteroatoms. The summed E-state index contributed by atoms with van der Waals surface area (Å²) in [6.07, 6.45) is 2.59. The summed E-state index contributed by atoms with van der Waals surface area (Å²) in [5.74, 6) is -1.02. The highest BCUT2D eigenvalue weighted by Crippen LogP contribution is 2.08. The number of carboxylic acids is 1. The zero-order valence-corrected chi connectivity index (χ0v) is 9.03. The summed E-state index contributed by atoms with van der Waals surface area (Å²) in [6.45, 7) is 3.11. The first-order valence-corrected chi connectivity index (χ1v) is 5.39. The lowest BCUT2D eigenvalue weighted by atomic mass is 10.2. The molecule has 0 saturated carbocycles. The summed E-state index contributed by atoms with van der Waals surface area (Å²) in [4.78, 5) is 23.9. The zero-order valence-electron chi connectivity index (χ0n) is 9.03. The second kappa shape index (κ2) is 5.70. The van der Waals surface area contributed by atoms with Gasteiger partial charge in [0.25, 0.3) is 0 Å². The van der Waals surface area contributed by atoms with Gasteiger partial charge in [0.05, 0.1) is 6.04 Å². The molecule has 1 atom stereocenters. The largest absolute Gasteiger partial charge is 0.480 e. The standard InChI is InChI=1S/C10H18N2O3/c1-2-6-12(7-9(13)14)10(15)8-4-3-5-11-8/h8,11H,2-7H2,1H3,(H,13,14). The van der Waals surface area contributed by atoms with Crippen molar-refractivity contribution in [1.29, 1.82) is 0 Å². The van der Waals surface area contributed by atoms with Gasteiger partial charge in [-0.05, 0) is 25.8 Å². The summed E-state index contributed by atoms with van der Waals surface area (Å²) in [6, 6.07) is -0.170. The molecule has 2 N–H and O–H groups in total. The van der Waals surface area contributed by atoms with Crippen molar-refractivity contribution in [2.75, 3.05) is 19.6 Å². The number of carbonyl (C=O) groups is 2. The quantitative estimate of drug-likeness (QED) is 0.679. The molecule has 0 aromatic carbocycles. The molecule has 0 aromatic rings. The van der Waals surface area contributed by atoms with Gasteiger partial charge in [-0.2, -0.15) is 0 Å². The molecule has 15 heavy (non-hydrogen) atoms. The van der Waals surface area contributed by atoms with Gasteiger partial charge in [0.1, 0.15) is 6.54 Å². The SMILES string of the molecule is CCCN(CC(=O)O)C(=O)C1CCCN1. The van der Waals surface area contributed by atoms with Crippen LogP contribution in [0.5, 0.6) is 0 Å². The molecule has 1 aliphatic rings. The van der Waals surface area contributed by atoms with Crippen LogP contribution in [0.2, 0.25) is 0 Å². The molecule has 1 amide bonds. The van der Waals surface area contributed by atoms with Crippen molar-refractivity contribution in [3.05, 3.63) is 0 Å². The Morgan fingerprint density at radius 2 is 2.27 bits per heavy atom. The van der Waals surface area contributed by atoms with Gasteiger partial charge < -0.3 is 15.3 Å². The van der Waals surface area contributed by atoms with Crippen LogP contribution in [0.25, 0.3) is 0 Å². The fourth-order valence-corrected chi connectivity index (χ4v) is 1.82. The van der Waals surface area contributed by atoms with Crippen LogP contribution in [0, 0.1) is 0 Å². The maximum absolute atomic E-state index is 11.9. The molecule has 1 heterocycles. The topological polar surface area (TPSA) is 69.6 Å². The number of nitrogens with one attached hydrogen (secondary N) is 1. The molecule has 1 unspecified atom stereocenters. The molecule has 0 aliphatic carbocycles. The number of aliphatic carboxylic acids is 1. The number of hydrogen-bond donors (Lipinski definition) is 2. The second-order valence-electron chi connectivity index (χ2n) is 3.80. The predicted molar refractivity (Wildman–Crippen MR) is 55.5 cm³/mol. The van der Waals surface area contributed by atoms with E-state index < -0.39 is 5.97 Å². The van der Waals surface area contributed by atoms with Gasteiger partial charge in [0.2, 0.25) is 5.91 Å². The van der Waals surface area contributed by atoms with Gasteiger partial charge in [-0.15, -0.1) is 0 Å². The van der Waals surface area contributed by atoms with Crippen molar-refractivity contribution in [2.24, 2.45) is 0 Å². The van der Waals surface area contributed by atoms with Crippen molar-refractivity contribution >= 4 is 11.9 Å². The fourth-order valence-electron chi connectivity index (χ4n) is 1.82. The Labute approximate surface area is 89.4 Å². The van der Waals surface area contributed by atoms with Crippen LogP contribution in [-0.4, -0.2) is 47.6 Å². The maximum Gasteiger partial charge on any atom is 0.323 e. The van der Waals surface area contributed by atoms with E-state index in [2.05, 4.69) is 5.32 Å². The van der Waals surface area contributed by atoms with Gasteiger partial charge in [0.15, 0.2) is 0 Å². The van der Waals surface area contributed by atoms with Crippen molar-refractivity contribution in [3.63, 3.8) is 0 Å². The zero-order chi connectivity index (χ0) is 11.3. The second-order valence-corrected chi connectivity index (χ2v) is 3.80. The molecule has 1 aliphatic heterocycles. The highest BCUT2D eigenvalue weighted by Gasteiger charge is 2.27. The average molecular weight is 214 g/mol. The minimum Gasteiger partial charge on any atom is -0.480 e. The number of carbonyl (C=O) groups excluding carboxylic acids is 1. The highest BCUT2D eigenvalue weighted by atomic mass is 16.4. The van der Waals surface area contributed by atoms with Gasteiger partial charge >= 0.3 is 5.97 Å². The molecule has 0 radical (unpaired) electrons. The molecule has 1 saturated heterocycles. The molecule has 5 nitrogen and oxygen atoms in total. The van der Waals surface area contributed by atoms with E-state index in [0.29, 0.717) is 6.54 Å². The first-order chi connectivity index (χ1) is 7.15. The summed E-state index contributed by atoms with van der Waals surface area (Å²) >= 11 is 0. The van der Waals surface area contributed by atoms with E-state index in [9.17, 15) is 9.59 Å². The Bertz CT molecular complexity index is 237. The van der Waals surface area contributed by atoms with E-state index in [1.165, 1.54) is 4.90 Å². The summed E-state index contributed by atoms with van der Waals surface area (Å²) in [5.41, 5.74) is 0. The van der Waals surface area contributed by atoms with Crippen LogP contribution in [0.1, 0.15) is 26.2 Å². The molecule has 1 rings (SSSR count). The number of amides is 1. The summed E-state index contributed by atoms with van der Waals surface area (Å²) in [5, 5.41) is 11.8. The Morgan fingerprint density at radius 3 is 2.73 bits per heavy atom. The van der Waals surface area contributed by atoms with E-state index in [4.69, 9.17) is 5.11 Å². The number of nitrogens with zero attached hydrogens (tertiary/aromatic N) is 1. The van der Waals surface area contributed by atoms with Crippen LogP contribution in [0.4, 0.5) is 0 Å². The molecule has 1 fully saturated rings. The Morgan fingerprint density at radius 1 is 1.53 bits per heavy atom. The number of rotatable bonds is 5. The lowest BCUT2D eigenvalue weighted by molar-refractivity contribution is -0.145. The van der Waals surface area contributed by atoms with Crippen LogP contribution in [-0.2, 0) is 9.59 Å². The molecular weight excluding hydrogens is 196 g/mol. The lowest BCUT2D eigenvalue weighted by Gasteiger charge is -2.23. The lowest BCUT2D eigenvalue weighted by Crippen LogP contribution is -2.46. The molecule has 0 bridgehead atoms. The minimum absolute atomic E-state index is 0.0725. The van der Waals surface area contributed by atoms with Crippen LogP contribution < -0.4 is 5.32 Å². The summed E-state index contributed by atoms with van der Waals surface area (Å²) < 4.78 is 0. The minimum atomic E-state index is -0.949. The van der Waals surface area contributed by atoms with E-state index in [0.717, 1.165) is 25.8 Å². The molecule has 0 spiro atoms. The van der Waals surface area contributed by atoms with Gasteiger partial charge in [0, 0.05) is 6.54 Å². The van der Waals surface area contributed by atoms with E-state index in [1.54, 1.807) is 0 Å². The highest BCUT2D eigenvalue weighted by molar-refractivity contribution is 5.85. The van der Waals surface area contributed by atoms with E-state index in [-0.39, 0.29) is 18.5 Å². The molecule has 86 valence electrons. The third-order valence-electron chi connectivity index (χ3n) is 2.49. The monoisotopic (exact) mass is 214 g/mol. The van der Waals surface area contributed by atoms with E-state index in [1.807, 2.05) is 6.92 Å². The molecule has 0 aromatic heterocycles. The Kier molecular flexibility index (Phi) is 4.55. The molecular formula is C10H18N2O3. The normalized spacial score (nSPS) is 20.2. The van der Waals surface area contributed by atoms with Crippen LogP contribution in [0.3, 0.4) is 0 Å². The Balaban J connectivity index is 2.52. The third-order valence-corrected chi connectivity index (χ3v) is 2.49. The predicted octanol–water partition coefficient (Wildman–Crippen LogP) is 0.0616. The van der Waals surface area contributed by atoms with Crippen LogP contribution in [0.15, 0.2) is 0 Å². The van der Waals surface area contributed by atoms with Gasteiger partial charge in [-0.25, -0.2) is 0 Å². The van der Waals surface area contributed by atoms with Crippen molar-refractivity contribution in [2.45, 2.75) is 32.2 Å². The Hall–Kier alpha value is -1.10. The first-order valence-electron chi connectivity index (χ1n) is 5.39. The number of hydrogen-bond acceptors (Lipinski definition) is 3. The van der Waals surface area contributed by atoms with Crippen molar-refractivity contribution < 1.29 is 14.7 Å². The van der Waals surface area contributed by atoms with Crippen LogP contribution >= 0.6 is 0 Å². The summed E-state index contributed by atoms with van der Waals surface area (Å²) in [7, 11) is 0. The van der Waals surface area contributed by atoms with E-state index >= 15 is 0 Å². The average Bonchev–Trinajstić information content (AvgIpc) is 2.68. The maximum atomic E-state index is 11.9. The van der Waals surface area contributed by atoms with Crippen molar-refractivity contribution in [1.82, 2.24) is 10.2 Å². The number of carboxylic acid groups (broad SMARTS) is 1. The van der Waals surface area contributed by atoms with Crippen molar-refractivity contribution in [3.8, 4) is 0 Å².